The van der Waals surface area contributed by atoms with Crippen LogP contribution in [0.2, 0.25) is 0 Å². The van der Waals surface area contributed by atoms with Gasteiger partial charge in [-0.25, -0.2) is 0 Å². The maximum atomic E-state index is 12.8. The lowest BCUT2D eigenvalue weighted by molar-refractivity contribution is -0.128. The van der Waals surface area contributed by atoms with Crippen LogP contribution in [0.3, 0.4) is 0 Å². The third-order valence-electron chi connectivity index (χ3n) is 4.80. The van der Waals surface area contributed by atoms with Crippen molar-refractivity contribution in [1.82, 2.24) is 9.88 Å². The van der Waals surface area contributed by atoms with Crippen LogP contribution in [0.5, 0.6) is 0 Å². The summed E-state index contributed by atoms with van der Waals surface area (Å²) in [6.45, 7) is 4.75. The Hall–Kier alpha value is -1.46. The van der Waals surface area contributed by atoms with Gasteiger partial charge in [-0.15, -0.1) is 0 Å². The summed E-state index contributed by atoms with van der Waals surface area (Å²) in [5.41, 5.74) is 2.70. The number of hydrogen-bond acceptors (Lipinski definition) is 3. The molecule has 108 valence electrons. The number of hydrogen-bond donors (Lipinski definition) is 0. The minimum absolute atomic E-state index is 0.205. The van der Waals surface area contributed by atoms with Crippen molar-refractivity contribution in [3.8, 4) is 0 Å². The van der Waals surface area contributed by atoms with Crippen molar-refractivity contribution in [2.24, 2.45) is 0 Å². The lowest BCUT2D eigenvalue weighted by Gasteiger charge is -2.46. The van der Waals surface area contributed by atoms with Gasteiger partial charge >= 0.3 is 0 Å². The highest BCUT2D eigenvalue weighted by atomic mass is 79.9. The van der Waals surface area contributed by atoms with Crippen LogP contribution in [0, 0.1) is 0 Å². The average molecular weight is 346 g/mol. The van der Waals surface area contributed by atoms with E-state index in [1.165, 1.54) is 0 Å². The van der Waals surface area contributed by atoms with Crippen molar-refractivity contribution in [3.05, 3.63) is 34.4 Å². The normalized spacial score (nSPS) is 20.1. The van der Waals surface area contributed by atoms with Gasteiger partial charge in [0.15, 0.2) is 0 Å². The number of carbonyl (C=O) groups is 1. The molecule has 5 heteroatoms. The van der Waals surface area contributed by atoms with Gasteiger partial charge in [0.05, 0.1) is 17.4 Å². The van der Waals surface area contributed by atoms with E-state index in [-0.39, 0.29) is 11.3 Å². The molecule has 1 saturated heterocycles. The summed E-state index contributed by atoms with van der Waals surface area (Å²) in [6.07, 6.45) is 1.84. The number of likely N-dealkylation sites (N-methyl/N-ethyl adjacent to an activating group) is 2. The first-order chi connectivity index (χ1) is 10.1. The summed E-state index contributed by atoms with van der Waals surface area (Å²) in [5, 5.41) is 1.09. The third-order valence-corrected chi connectivity index (χ3v) is 5.29. The molecule has 1 fully saturated rings. The Balaban J connectivity index is 2.00. The third kappa shape index (κ3) is 1.59. The highest BCUT2D eigenvalue weighted by Gasteiger charge is 2.57. The first-order valence-electron chi connectivity index (χ1n) is 7.16. The monoisotopic (exact) mass is 345 g/mol. The number of fused-ring (bicyclic) bond motifs is 4. The zero-order valence-electron chi connectivity index (χ0n) is 12.1. The molecule has 0 saturated carbocycles. The van der Waals surface area contributed by atoms with Crippen LogP contribution in [0.1, 0.15) is 12.5 Å². The maximum Gasteiger partial charge on any atom is 0.240 e. The molecule has 2 aromatic rings. The Bertz CT molecular complexity index is 767. The molecule has 0 bridgehead atoms. The molecule has 1 aromatic carbocycles. The van der Waals surface area contributed by atoms with Crippen molar-refractivity contribution < 1.29 is 4.79 Å². The number of halogens is 1. The highest BCUT2D eigenvalue weighted by molar-refractivity contribution is 9.10. The summed E-state index contributed by atoms with van der Waals surface area (Å²) in [5.74, 6) is 0.205. The largest absolute Gasteiger partial charge is 0.313 e. The van der Waals surface area contributed by atoms with E-state index in [0.717, 1.165) is 46.3 Å². The molecule has 1 amide bonds. The number of nitrogens with zero attached hydrogens (tertiary/aromatic N) is 3. The van der Waals surface area contributed by atoms with Crippen LogP contribution in [0.25, 0.3) is 10.9 Å². The fraction of sp³-hybridized carbons (Fsp3) is 0.375. The number of benzene rings is 1. The minimum Gasteiger partial charge on any atom is -0.313 e. The molecule has 2 aliphatic rings. The summed E-state index contributed by atoms with van der Waals surface area (Å²) in [4.78, 5) is 21.4. The molecule has 0 atom stereocenters. The van der Waals surface area contributed by atoms with Gasteiger partial charge in [0.2, 0.25) is 5.91 Å². The fourth-order valence-electron chi connectivity index (χ4n) is 3.68. The Labute approximate surface area is 131 Å². The van der Waals surface area contributed by atoms with Gasteiger partial charge in [0.1, 0.15) is 5.41 Å². The van der Waals surface area contributed by atoms with Gasteiger partial charge in [0, 0.05) is 35.6 Å². The number of anilines is 1. The Morgan fingerprint density at radius 2 is 2.14 bits per heavy atom. The molecule has 1 aromatic heterocycles. The molecule has 4 nitrogen and oxygen atoms in total. The molecule has 4 rings (SSSR count). The molecule has 21 heavy (non-hydrogen) atoms. The van der Waals surface area contributed by atoms with Crippen LogP contribution in [0.15, 0.2) is 28.9 Å². The van der Waals surface area contributed by atoms with Gasteiger partial charge in [-0.1, -0.05) is 22.9 Å². The molecule has 0 unspecified atom stereocenters. The highest BCUT2D eigenvalue weighted by Crippen LogP contribution is 2.49. The lowest BCUT2D eigenvalue weighted by atomic mass is 9.73. The number of aromatic nitrogens is 1. The van der Waals surface area contributed by atoms with Crippen LogP contribution in [-0.2, 0) is 10.2 Å². The Morgan fingerprint density at radius 1 is 1.38 bits per heavy atom. The summed E-state index contributed by atoms with van der Waals surface area (Å²) in [6, 6.07) is 6.09. The minimum atomic E-state index is -0.373. The van der Waals surface area contributed by atoms with Gasteiger partial charge < -0.3 is 9.80 Å². The molecule has 0 N–H and O–H groups in total. The van der Waals surface area contributed by atoms with Gasteiger partial charge in [-0.2, -0.15) is 0 Å². The van der Waals surface area contributed by atoms with E-state index in [1.807, 2.05) is 25.4 Å². The van der Waals surface area contributed by atoms with E-state index in [9.17, 15) is 4.79 Å². The van der Waals surface area contributed by atoms with Crippen molar-refractivity contribution in [2.75, 3.05) is 31.6 Å². The number of likely N-dealkylation sites (tertiary alicyclic amines) is 1. The van der Waals surface area contributed by atoms with Crippen molar-refractivity contribution >= 4 is 38.4 Å². The van der Waals surface area contributed by atoms with Crippen LogP contribution in [-0.4, -0.2) is 42.5 Å². The van der Waals surface area contributed by atoms with E-state index in [0.29, 0.717) is 0 Å². The van der Waals surface area contributed by atoms with E-state index in [1.54, 1.807) is 4.90 Å². The van der Waals surface area contributed by atoms with Crippen LogP contribution < -0.4 is 4.90 Å². The predicted molar refractivity (Wildman–Crippen MR) is 86.6 cm³/mol. The summed E-state index contributed by atoms with van der Waals surface area (Å²) >= 11 is 3.54. The Kier molecular flexibility index (Phi) is 2.69. The molecule has 1 spiro atoms. The molecular formula is C16H16BrN3O. The fourth-order valence-corrected chi connectivity index (χ4v) is 4.04. The van der Waals surface area contributed by atoms with Gasteiger partial charge in [-0.3, -0.25) is 9.78 Å². The second-order valence-corrected chi connectivity index (χ2v) is 6.85. The standard InChI is InChI=1S/C16H16BrN3O/c1-3-20-8-16(9-20)14-11-6-10(17)4-5-12(11)18-7-13(14)19(2)15(16)21/h4-7H,3,8-9H2,1-2H3. The molecule has 0 aliphatic carbocycles. The van der Waals surface area contributed by atoms with Gasteiger partial charge in [0.25, 0.3) is 0 Å². The number of pyridine rings is 1. The first kappa shape index (κ1) is 13.2. The van der Waals surface area contributed by atoms with Crippen LogP contribution in [0.4, 0.5) is 5.69 Å². The average Bonchev–Trinajstić information content (AvgIpc) is 2.67. The van der Waals surface area contributed by atoms with E-state index in [4.69, 9.17) is 0 Å². The lowest BCUT2D eigenvalue weighted by Crippen LogP contribution is -2.63. The molecular weight excluding hydrogens is 330 g/mol. The van der Waals surface area contributed by atoms with Crippen molar-refractivity contribution in [1.29, 1.82) is 0 Å². The topological polar surface area (TPSA) is 36.4 Å². The zero-order valence-corrected chi connectivity index (χ0v) is 13.6. The summed E-state index contributed by atoms with van der Waals surface area (Å²) in [7, 11) is 1.86. The van der Waals surface area contributed by atoms with Crippen LogP contribution >= 0.6 is 15.9 Å². The number of rotatable bonds is 1. The maximum absolute atomic E-state index is 12.8. The quantitative estimate of drug-likeness (QED) is 0.796. The van der Waals surface area contributed by atoms with E-state index >= 15 is 0 Å². The molecule has 3 heterocycles. The number of amides is 1. The predicted octanol–water partition coefficient (Wildman–Crippen LogP) is 2.55. The molecule has 2 aliphatic heterocycles. The smallest absolute Gasteiger partial charge is 0.240 e. The van der Waals surface area contributed by atoms with Crippen molar-refractivity contribution in [3.63, 3.8) is 0 Å². The first-order valence-corrected chi connectivity index (χ1v) is 7.95. The van der Waals surface area contributed by atoms with E-state index in [2.05, 4.69) is 38.8 Å². The second-order valence-electron chi connectivity index (χ2n) is 5.93. The number of carbonyl (C=O) groups excluding carboxylic acids is 1. The SMILES string of the molecule is CCN1CC2(C1)C(=O)N(C)c1cnc3ccc(Br)cc3c12. The second kappa shape index (κ2) is 4.27. The summed E-state index contributed by atoms with van der Waals surface area (Å²) < 4.78 is 1.02. The van der Waals surface area contributed by atoms with Gasteiger partial charge in [-0.05, 0) is 24.7 Å². The Morgan fingerprint density at radius 3 is 2.86 bits per heavy atom. The zero-order chi connectivity index (χ0) is 14.8. The van der Waals surface area contributed by atoms with E-state index < -0.39 is 0 Å². The van der Waals surface area contributed by atoms with Crippen molar-refractivity contribution in [2.45, 2.75) is 12.3 Å². The molecule has 0 radical (unpaired) electrons.